The number of halogens is 1. The molecule has 0 amide bonds. The number of hydrogen-bond acceptors (Lipinski definition) is 2. The van der Waals surface area contributed by atoms with E-state index in [4.69, 9.17) is 4.55 Å². The number of pyridine rings is 1. The highest BCUT2D eigenvalue weighted by Gasteiger charge is 2.26. The highest BCUT2D eigenvalue weighted by molar-refractivity contribution is 7.79. The van der Waals surface area contributed by atoms with Crippen molar-refractivity contribution >= 4 is 10.3 Å². The van der Waals surface area contributed by atoms with Crippen molar-refractivity contribution in [2.45, 2.75) is 71.1 Å². The van der Waals surface area contributed by atoms with E-state index in [0.717, 1.165) is 12.8 Å². The molecule has 1 aromatic heterocycles. The van der Waals surface area contributed by atoms with Crippen LogP contribution in [0.2, 0.25) is 0 Å². The number of unbranched alkanes of at least 4 members (excludes halogenated alkanes) is 8. The third-order valence-corrected chi connectivity index (χ3v) is 4.61. The first kappa shape index (κ1) is 19.0. The van der Waals surface area contributed by atoms with Crippen molar-refractivity contribution in [1.29, 1.82) is 0 Å². The van der Waals surface area contributed by atoms with E-state index in [1.165, 1.54) is 56.9 Å². The van der Waals surface area contributed by atoms with Crippen LogP contribution in [0.3, 0.4) is 0 Å². The number of aromatic nitrogens is 1. The van der Waals surface area contributed by atoms with Crippen molar-refractivity contribution in [3.05, 3.63) is 29.8 Å². The molecule has 0 bridgehead atoms. The van der Waals surface area contributed by atoms with Gasteiger partial charge in [0.15, 0.2) is 12.0 Å². The first-order valence-corrected chi connectivity index (χ1v) is 9.53. The monoisotopic (exact) mass is 332 g/mol. The molecule has 22 heavy (non-hydrogen) atoms. The fourth-order valence-electron chi connectivity index (χ4n) is 2.55. The molecule has 0 fully saturated rings. The summed E-state index contributed by atoms with van der Waals surface area (Å²) < 4.78 is 45.9. The average Bonchev–Trinajstić information content (AvgIpc) is 2.45. The van der Waals surface area contributed by atoms with Crippen molar-refractivity contribution in [3.63, 3.8) is 0 Å². The van der Waals surface area contributed by atoms with Crippen LogP contribution in [0.15, 0.2) is 18.3 Å². The predicted octanol–water partition coefficient (Wildman–Crippen LogP) is 3.84. The Labute approximate surface area is 133 Å². The quantitative estimate of drug-likeness (QED) is 0.380. The van der Waals surface area contributed by atoms with Gasteiger partial charge in [-0.1, -0.05) is 62.3 Å². The zero-order valence-electron chi connectivity index (χ0n) is 13.3. The largest absolute Gasteiger partial charge is 0.511 e. The molecule has 1 heterocycles. The van der Waals surface area contributed by atoms with Crippen LogP contribution in [-0.4, -0.2) is 13.0 Å². The van der Waals surface area contributed by atoms with Crippen LogP contribution in [0.5, 0.6) is 0 Å². The van der Waals surface area contributed by atoms with E-state index in [1.807, 2.05) is 0 Å². The molecule has 0 spiro atoms. The van der Waals surface area contributed by atoms with Crippen molar-refractivity contribution in [2.75, 3.05) is 0 Å². The molecule has 4 nitrogen and oxygen atoms in total. The second-order valence-electron chi connectivity index (χ2n) is 5.65. The number of rotatable bonds is 11. The maximum atomic E-state index is 13.7. The SMILES string of the molecule is CCCCCCCCCCCc1c(F)ccc[n+]1S(=O)(=O)O. The Bertz CT molecular complexity index is 546. The maximum absolute atomic E-state index is 13.7. The van der Waals surface area contributed by atoms with E-state index < -0.39 is 16.1 Å². The van der Waals surface area contributed by atoms with E-state index in [0.29, 0.717) is 16.8 Å². The summed E-state index contributed by atoms with van der Waals surface area (Å²) >= 11 is 0. The van der Waals surface area contributed by atoms with Gasteiger partial charge in [-0.2, -0.15) is 4.39 Å². The normalized spacial score (nSPS) is 11.8. The summed E-state index contributed by atoms with van der Waals surface area (Å²) in [7, 11) is -4.44. The predicted molar refractivity (Wildman–Crippen MR) is 84.5 cm³/mol. The third-order valence-electron chi connectivity index (χ3n) is 3.77. The molecule has 0 aliphatic rings. The van der Waals surface area contributed by atoms with Crippen molar-refractivity contribution in [3.8, 4) is 0 Å². The van der Waals surface area contributed by atoms with Gasteiger partial charge in [0, 0.05) is 12.5 Å². The molecule has 0 radical (unpaired) electrons. The van der Waals surface area contributed by atoms with E-state index in [-0.39, 0.29) is 5.69 Å². The lowest BCUT2D eigenvalue weighted by Gasteiger charge is -2.03. The van der Waals surface area contributed by atoms with Gasteiger partial charge in [-0.25, -0.2) is 4.55 Å². The summed E-state index contributed by atoms with van der Waals surface area (Å²) in [6.07, 6.45) is 11.7. The van der Waals surface area contributed by atoms with E-state index in [9.17, 15) is 12.8 Å². The Morgan fingerprint density at radius 1 is 1.05 bits per heavy atom. The topological polar surface area (TPSA) is 58.2 Å². The second kappa shape index (κ2) is 9.90. The standard InChI is InChI=1S/C16H26FNO3S/c1-2-3-4-5-6-7-8-9-10-13-16-15(17)12-11-14-18(16)22(19,20)21/h11-12,14H,2-10,13H2,1H3/p+1. The molecule has 1 aromatic rings. The summed E-state index contributed by atoms with van der Waals surface area (Å²) in [6, 6.07) is 2.48. The Morgan fingerprint density at radius 2 is 1.59 bits per heavy atom. The minimum atomic E-state index is -4.44. The van der Waals surface area contributed by atoms with Gasteiger partial charge in [0.25, 0.3) is 0 Å². The molecule has 1 N–H and O–H groups in total. The Morgan fingerprint density at radius 3 is 2.14 bits per heavy atom. The summed E-state index contributed by atoms with van der Waals surface area (Å²) in [5, 5.41) is 0. The number of nitrogens with zero attached hydrogens (tertiary/aromatic N) is 1. The van der Waals surface area contributed by atoms with Gasteiger partial charge in [-0.3, -0.25) is 0 Å². The van der Waals surface area contributed by atoms with Gasteiger partial charge in [-0.15, -0.1) is 8.42 Å². The maximum Gasteiger partial charge on any atom is 0.511 e. The van der Waals surface area contributed by atoms with Crippen molar-refractivity contribution in [2.24, 2.45) is 0 Å². The van der Waals surface area contributed by atoms with Crippen LogP contribution in [0, 0.1) is 5.82 Å². The molecule has 6 heteroatoms. The molecule has 0 aromatic carbocycles. The van der Waals surface area contributed by atoms with Crippen LogP contribution < -0.4 is 3.97 Å². The Hall–Kier alpha value is -1.01. The fourth-order valence-corrected chi connectivity index (χ4v) is 3.23. The van der Waals surface area contributed by atoms with Gasteiger partial charge in [-0.05, 0) is 12.5 Å². The minimum Gasteiger partial charge on any atom is -0.233 e. The molecule has 0 atom stereocenters. The lowest BCUT2D eigenvalue weighted by molar-refractivity contribution is -0.531. The molecule has 1 rings (SSSR count). The zero-order chi connectivity index (χ0) is 16.4. The first-order chi connectivity index (χ1) is 10.5. The lowest BCUT2D eigenvalue weighted by atomic mass is 10.1. The molecule has 0 aliphatic carbocycles. The van der Waals surface area contributed by atoms with Crippen LogP contribution >= 0.6 is 0 Å². The Balaban J connectivity index is 2.34. The average molecular weight is 332 g/mol. The summed E-state index contributed by atoms with van der Waals surface area (Å²) in [4.78, 5) is 0. The first-order valence-electron chi connectivity index (χ1n) is 8.14. The molecule has 126 valence electrons. The van der Waals surface area contributed by atoms with Gasteiger partial charge in [0.1, 0.15) is 0 Å². The summed E-state index contributed by atoms with van der Waals surface area (Å²) in [6.45, 7) is 2.20. The molecule has 0 unspecified atom stereocenters. The van der Waals surface area contributed by atoms with Crippen LogP contribution in [0.1, 0.15) is 70.4 Å². The Kier molecular flexibility index (Phi) is 8.56. The van der Waals surface area contributed by atoms with Crippen LogP contribution in [0.4, 0.5) is 4.39 Å². The highest BCUT2D eigenvalue weighted by Crippen LogP contribution is 2.12. The molecule has 0 saturated carbocycles. The third kappa shape index (κ3) is 6.83. The van der Waals surface area contributed by atoms with E-state index in [2.05, 4.69) is 6.92 Å². The summed E-state index contributed by atoms with van der Waals surface area (Å²) in [5.74, 6) is -0.598. The van der Waals surface area contributed by atoms with Gasteiger partial charge < -0.3 is 0 Å². The lowest BCUT2D eigenvalue weighted by Crippen LogP contribution is -2.46. The zero-order valence-corrected chi connectivity index (χ0v) is 14.1. The van der Waals surface area contributed by atoms with E-state index in [1.54, 1.807) is 0 Å². The smallest absolute Gasteiger partial charge is 0.233 e. The second-order valence-corrected chi connectivity index (χ2v) is 6.94. The molecular weight excluding hydrogens is 305 g/mol. The fraction of sp³-hybridized carbons (Fsp3) is 0.688. The van der Waals surface area contributed by atoms with Crippen LogP contribution in [0.25, 0.3) is 0 Å². The van der Waals surface area contributed by atoms with Gasteiger partial charge in [0.05, 0.1) is 0 Å². The van der Waals surface area contributed by atoms with Crippen LogP contribution in [-0.2, 0) is 16.7 Å². The summed E-state index contributed by atoms with van der Waals surface area (Å²) in [5.41, 5.74) is 0.0212. The molecule has 0 saturated heterocycles. The molecular formula is C16H27FNO3S+. The van der Waals surface area contributed by atoms with E-state index >= 15 is 0 Å². The van der Waals surface area contributed by atoms with Gasteiger partial charge >= 0.3 is 10.3 Å². The van der Waals surface area contributed by atoms with Crippen molar-refractivity contribution in [1.82, 2.24) is 0 Å². The minimum absolute atomic E-state index is 0.0212. The number of hydrogen-bond donors (Lipinski definition) is 1. The van der Waals surface area contributed by atoms with Gasteiger partial charge in [0.2, 0.25) is 5.69 Å². The molecule has 0 aliphatic heterocycles. The highest BCUT2D eigenvalue weighted by atomic mass is 32.2. The van der Waals surface area contributed by atoms with Crippen molar-refractivity contribution < 1.29 is 21.3 Å².